The minimum Gasteiger partial charge on any atom is -0.480 e. The molecule has 33 heavy (non-hydrogen) atoms. The fraction of sp³-hybridized carbons (Fsp3) is 0.826. The zero-order valence-electron chi connectivity index (χ0n) is 19.7. The minimum absolute atomic E-state index is 0.224. The Labute approximate surface area is 196 Å². The average molecular weight is 465 g/mol. The van der Waals surface area contributed by atoms with Crippen LogP contribution in [0.4, 0.5) is 0 Å². The molecule has 3 atom stereocenters. The van der Waals surface area contributed by atoms with Crippen molar-refractivity contribution in [1.29, 1.82) is 0 Å². The lowest BCUT2D eigenvalue weighted by atomic mass is 9.79. The van der Waals surface area contributed by atoms with E-state index in [4.69, 9.17) is 16.6 Å². The van der Waals surface area contributed by atoms with Gasteiger partial charge in [-0.05, 0) is 43.9 Å². The number of carboxylic acid groups (broad SMARTS) is 1. The van der Waals surface area contributed by atoms with Gasteiger partial charge in [0, 0.05) is 26.2 Å². The number of hydrogen-bond donors (Lipinski definition) is 4. The fourth-order valence-corrected chi connectivity index (χ4v) is 5.60. The van der Waals surface area contributed by atoms with Crippen LogP contribution in [-0.2, 0) is 14.4 Å². The number of carboxylic acids is 1. The maximum atomic E-state index is 13.0. The molecule has 0 aromatic rings. The third-order valence-corrected chi connectivity index (χ3v) is 7.52. The van der Waals surface area contributed by atoms with Gasteiger partial charge < -0.3 is 21.5 Å². The Kier molecular flexibility index (Phi) is 9.08. The van der Waals surface area contributed by atoms with Crippen LogP contribution in [-0.4, -0.2) is 83.5 Å². The van der Waals surface area contributed by atoms with Gasteiger partial charge >= 0.3 is 5.97 Å². The summed E-state index contributed by atoms with van der Waals surface area (Å²) < 4.78 is 0. The largest absolute Gasteiger partial charge is 0.480 e. The number of carbonyl (C=O) groups is 3. The number of nitrogens with zero attached hydrogens (tertiary/aromatic N) is 3. The second-order valence-electron chi connectivity index (χ2n) is 10.0. The average Bonchev–Trinajstić information content (AvgIpc) is 3.22. The van der Waals surface area contributed by atoms with Crippen molar-refractivity contribution in [2.24, 2.45) is 34.2 Å². The number of aliphatic imine (C=N–C) groups is 1. The van der Waals surface area contributed by atoms with E-state index in [-0.39, 0.29) is 24.5 Å². The molecule has 0 spiro atoms. The summed E-state index contributed by atoms with van der Waals surface area (Å²) in [6.07, 6.45) is 8.92. The van der Waals surface area contributed by atoms with Crippen LogP contribution in [0.1, 0.15) is 58.3 Å². The van der Waals surface area contributed by atoms with Gasteiger partial charge in [0.05, 0.1) is 12.1 Å². The van der Waals surface area contributed by atoms with Crippen molar-refractivity contribution in [3.63, 3.8) is 0 Å². The molecule has 6 N–H and O–H groups in total. The van der Waals surface area contributed by atoms with Gasteiger partial charge in [0.15, 0.2) is 5.96 Å². The molecule has 186 valence electrons. The van der Waals surface area contributed by atoms with Gasteiger partial charge in [-0.1, -0.05) is 32.1 Å². The van der Waals surface area contributed by atoms with Gasteiger partial charge in [-0.25, -0.2) is 4.99 Å². The lowest BCUT2D eigenvalue weighted by Gasteiger charge is -2.35. The second kappa shape index (κ2) is 11.8. The van der Waals surface area contributed by atoms with Crippen LogP contribution in [0.3, 0.4) is 0 Å². The van der Waals surface area contributed by atoms with Gasteiger partial charge in [0.1, 0.15) is 6.54 Å². The first-order valence-corrected chi connectivity index (χ1v) is 12.4. The molecule has 10 nitrogen and oxygen atoms in total. The highest BCUT2D eigenvalue weighted by Gasteiger charge is 2.41. The van der Waals surface area contributed by atoms with Gasteiger partial charge in [0.25, 0.3) is 0 Å². The van der Waals surface area contributed by atoms with E-state index in [1.165, 1.54) is 32.1 Å². The number of guanidine groups is 1. The fourth-order valence-electron chi connectivity index (χ4n) is 5.60. The minimum atomic E-state index is -0.999. The number of nitrogens with one attached hydrogen (secondary N) is 1. The van der Waals surface area contributed by atoms with Crippen molar-refractivity contribution in [2.45, 2.75) is 70.4 Å². The zero-order valence-corrected chi connectivity index (χ0v) is 19.7. The number of rotatable bonds is 7. The molecule has 0 aromatic carbocycles. The molecular formula is C23H40N6O4. The number of hydrogen-bond acceptors (Lipinski definition) is 6. The molecule has 2 amide bonds. The quantitative estimate of drug-likeness (QED) is 0.311. The Morgan fingerprint density at radius 1 is 1.09 bits per heavy atom. The molecular weight excluding hydrogens is 424 g/mol. The standard InChI is InChI=1S/C23H40N6O4/c1-15(24)21(32)27-22(33)19-11-18(17-5-3-2-4-6-17)14-29(19)13-16-7-9-28(10-8-16)23(25)26-12-20(30)31/h15-19H,2-14,24H2,1H3,(H2,25,26)(H,30,31)(H,27,32,33)/t15-,18?,19-/m0/s1. The first-order valence-electron chi connectivity index (χ1n) is 12.4. The topological polar surface area (TPSA) is 154 Å². The van der Waals surface area contributed by atoms with E-state index in [0.29, 0.717) is 17.8 Å². The lowest BCUT2D eigenvalue weighted by molar-refractivity contribution is -0.136. The molecule has 1 unspecified atom stereocenters. The molecule has 3 rings (SSSR count). The van der Waals surface area contributed by atoms with Crippen LogP contribution in [0, 0.1) is 17.8 Å². The summed E-state index contributed by atoms with van der Waals surface area (Å²) in [6.45, 7) is 4.42. The molecule has 2 heterocycles. The van der Waals surface area contributed by atoms with Crippen LogP contribution < -0.4 is 16.8 Å². The summed E-state index contributed by atoms with van der Waals surface area (Å²) in [4.78, 5) is 43.9. The highest BCUT2D eigenvalue weighted by molar-refractivity contribution is 5.99. The van der Waals surface area contributed by atoms with Crippen molar-refractivity contribution in [3.8, 4) is 0 Å². The molecule has 3 aliphatic rings. The smallest absolute Gasteiger partial charge is 0.325 e. The molecule has 0 aromatic heterocycles. The number of imide groups is 1. The molecule has 2 aliphatic heterocycles. The van der Waals surface area contributed by atoms with E-state index < -0.39 is 17.9 Å². The van der Waals surface area contributed by atoms with Gasteiger partial charge in [-0.2, -0.15) is 0 Å². The molecule has 3 fully saturated rings. The highest BCUT2D eigenvalue weighted by Crippen LogP contribution is 2.38. The first-order chi connectivity index (χ1) is 15.7. The zero-order chi connectivity index (χ0) is 24.0. The molecule has 1 aliphatic carbocycles. The first kappa shape index (κ1) is 25.4. The number of likely N-dealkylation sites (tertiary alicyclic amines) is 2. The summed E-state index contributed by atoms with van der Waals surface area (Å²) in [5.41, 5.74) is 11.6. The van der Waals surface area contributed by atoms with Crippen LogP contribution in [0.15, 0.2) is 4.99 Å². The lowest BCUT2D eigenvalue weighted by Crippen LogP contribution is -2.51. The van der Waals surface area contributed by atoms with E-state index >= 15 is 0 Å². The molecule has 10 heteroatoms. The van der Waals surface area contributed by atoms with Gasteiger partial charge in [-0.15, -0.1) is 0 Å². The Hall–Kier alpha value is -2.20. The summed E-state index contributed by atoms with van der Waals surface area (Å²) in [5.74, 6) is 0.199. The Morgan fingerprint density at radius 2 is 1.76 bits per heavy atom. The van der Waals surface area contributed by atoms with Crippen LogP contribution in [0.25, 0.3) is 0 Å². The van der Waals surface area contributed by atoms with E-state index in [0.717, 1.165) is 45.4 Å². The summed E-state index contributed by atoms with van der Waals surface area (Å²) in [6, 6.07) is -1.00. The highest BCUT2D eigenvalue weighted by atomic mass is 16.4. The summed E-state index contributed by atoms with van der Waals surface area (Å²) in [5, 5.41) is 11.3. The SMILES string of the molecule is C[C@H](N)C(=O)NC(=O)[C@@H]1CC(C2CCCCC2)CN1CC1CCN(C(N)=NCC(=O)O)CC1. The van der Waals surface area contributed by atoms with E-state index in [1.54, 1.807) is 6.92 Å². The van der Waals surface area contributed by atoms with Crippen molar-refractivity contribution in [2.75, 3.05) is 32.7 Å². The van der Waals surface area contributed by atoms with E-state index in [1.807, 2.05) is 4.90 Å². The molecule has 0 radical (unpaired) electrons. The van der Waals surface area contributed by atoms with Crippen molar-refractivity contribution in [3.05, 3.63) is 0 Å². The second-order valence-corrected chi connectivity index (χ2v) is 10.0. The number of nitrogens with two attached hydrogens (primary N) is 2. The number of amides is 2. The maximum Gasteiger partial charge on any atom is 0.325 e. The number of carbonyl (C=O) groups excluding carboxylic acids is 2. The normalized spacial score (nSPS) is 26.8. The van der Waals surface area contributed by atoms with E-state index in [9.17, 15) is 14.4 Å². The summed E-state index contributed by atoms with van der Waals surface area (Å²) in [7, 11) is 0. The van der Waals surface area contributed by atoms with Crippen LogP contribution in [0.5, 0.6) is 0 Å². The monoisotopic (exact) mass is 464 g/mol. The van der Waals surface area contributed by atoms with Crippen molar-refractivity contribution < 1.29 is 19.5 Å². The Bertz CT molecular complexity index is 728. The van der Waals surface area contributed by atoms with E-state index in [2.05, 4.69) is 15.2 Å². The van der Waals surface area contributed by atoms with Crippen molar-refractivity contribution in [1.82, 2.24) is 15.1 Å². The third kappa shape index (κ3) is 7.14. The predicted molar refractivity (Wildman–Crippen MR) is 125 cm³/mol. The van der Waals surface area contributed by atoms with Crippen molar-refractivity contribution >= 4 is 23.7 Å². The molecule has 0 bridgehead atoms. The predicted octanol–water partition coefficient (Wildman–Crippen LogP) is 0.359. The van der Waals surface area contributed by atoms with Crippen LogP contribution in [0.2, 0.25) is 0 Å². The maximum absolute atomic E-state index is 13.0. The number of piperidine rings is 1. The molecule has 2 saturated heterocycles. The number of aliphatic carboxylic acids is 1. The van der Waals surface area contributed by atoms with Gasteiger partial charge in [-0.3, -0.25) is 24.6 Å². The third-order valence-electron chi connectivity index (χ3n) is 7.52. The Balaban J connectivity index is 1.59. The van der Waals surface area contributed by atoms with Gasteiger partial charge in [0.2, 0.25) is 11.8 Å². The van der Waals surface area contributed by atoms with Crippen LogP contribution >= 0.6 is 0 Å². The summed E-state index contributed by atoms with van der Waals surface area (Å²) >= 11 is 0. The Morgan fingerprint density at radius 3 is 2.36 bits per heavy atom. The molecule has 1 saturated carbocycles.